The zero-order chi connectivity index (χ0) is 6.20. The van der Waals surface area contributed by atoms with Crippen molar-refractivity contribution < 1.29 is 34.7 Å². The van der Waals surface area contributed by atoms with Crippen LogP contribution in [0.2, 0.25) is 0 Å². The molecule has 0 aliphatic carbocycles. The van der Waals surface area contributed by atoms with E-state index in [1.165, 1.54) is 6.61 Å². The van der Waals surface area contributed by atoms with Gasteiger partial charge < -0.3 is 9.47 Å². The zero-order valence-electron chi connectivity index (χ0n) is 5.89. The summed E-state index contributed by atoms with van der Waals surface area (Å²) < 4.78 is 9.01. The summed E-state index contributed by atoms with van der Waals surface area (Å²) >= 11 is 0. The fourth-order valence-electron chi connectivity index (χ4n) is 0.453. The molecule has 0 spiro atoms. The van der Waals surface area contributed by atoms with Gasteiger partial charge in [-0.05, 0) is 0 Å². The van der Waals surface area contributed by atoms with E-state index >= 15 is 0 Å². The van der Waals surface area contributed by atoms with Crippen molar-refractivity contribution in [2.45, 2.75) is 19.4 Å². The van der Waals surface area contributed by atoms with Crippen molar-refractivity contribution in [1.29, 1.82) is 0 Å². The molecule has 1 aliphatic heterocycles. The van der Waals surface area contributed by atoms with Gasteiger partial charge in [-0.1, -0.05) is 13.8 Å². The van der Waals surface area contributed by atoms with Gasteiger partial charge in [0.2, 0.25) is 0 Å². The van der Waals surface area contributed by atoms with Gasteiger partial charge in [0, 0.05) is 26.0 Å². The average molecular weight is 568 g/mol. The van der Waals surface area contributed by atoms with Gasteiger partial charge in [-0.3, -0.25) is 0 Å². The van der Waals surface area contributed by atoms with Crippen molar-refractivity contribution >= 4 is 6.16 Å². The topological polar surface area (TPSA) is 35.5 Å². The van der Waals surface area contributed by atoms with Crippen LogP contribution in [0.15, 0.2) is 0 Å². The second kappa shape index (κ2) is 3.19. The fraction of sp³-hybridized carbons (Fsp3) is 0.600. The van der Waals surface area contributed by atoms with E-state index in [9.17, 15) is 4.79 Å². The Morgan fingerprint density at radius 1 is 1.50 bits per heavy atom. The molecule has 0 aromatic heterocycles. The predicted molar refractivity (Wildman–Crippen MR) is 25.9 cm³/mol. The Balaban J connectivity index is 0. The molecule has 3 nitrogen and oxygen atoms in total. The van der Waals surface area contributed by atoms with Gasteiger partial charge in [-0.15, -0.1) is 6.61 Å². The minimum atomic E-state index is -0.616. The van der Waals surface area contributed by atoms with Crippen LogP contribution in [0, 0.1) is 6.61 Å². The van der Waals surface area contributed by atoms with Crippen molar-refractivity contribution in [1.82, 2.24) is 0 Å². The maximum absolute atomic E-state index is 10.2. The average Bonchev–Trinajstić information content (AvgIpc) is 1.82. The minimum absolute atomic E-state index is 0. The van der Waals surface area contributed by atoms with E-state index in [4.69, 9.17) is 0 Å². The largest absolute Gasteiger partial charge is 0.602 e. The van der Waals surface area contributed by atoms with Crippen molar-refractivity contribution in [3.63, 3.8) is 0 Å². The number of rotatable bonds is 0. The zero-order valence-corrected chi connectivity index (χ0v) is 15.0. The van der Waals surface area contributed by atoms with Gasteiger partial charge in [0.05, 0.1) is 0 Å². The summed E-state index contributed by atoms with van der Waals surface area (Å²) in [6, 6.07) is 0. The first kappa shape index (κ1) is 11.7. The van der Waals surface area contributed by atoms with Crippen LogP contribution in [0.4, 0.5) is 4.79 Å². The molecule has 1 rings (SSSR count). The summed E-state index contributed by atoms with van der Waals surface area (Å²) in [5.41, 5.74) is -0.531. The normalized spacial score (nSPS) is 19.6. The summed E-state index contributed by atoms with van der Waals surface area (Å²) in [5, 5.41) is 0. The first-order valence-electron chi connectivity index (χ1n) is 2.34. The fourth-order valence-corrected chi connectivity index (χ4v) is 0.453. The predicted octanol–water partition coefficient (Wildman–Crippen LogP) is 1.09. The van der Waals surface area contributed by atoms with Crippen molar-refractivity contribution in [2.24, 2.45) is 0 Å². The summed E-state index contributed by atoms with van der Waals surface area (Å²) in [5.74, 6) is 0. The molecule has 5 heteroatoms. The molecular weight excluding hydrogens is 561 g/mol. The molecule has 1 fully saturated rings. The quantitative estimate of drug-likeness (QED) is 0.325. The van der Waals surface area contributed by atoms with Gasteiger partial charge in [0.15, 0.2) is 0 Å². The molecule has 1 radical (unpaired) electrons. The molecule has 0 aromatic carbocycles. The first-order chi connectivity index (χ1) is 3.60. The number of hydrogen-bond donors (Lipinski definition) is 0. The molecule has 0 aromatic rings. The minimum Gasteiger partial charge on any atom is -0.602 e. The third-order valence-electron chi connectivity index (χ3n) is 0.785. The third-order valence-corrected chi connectivity index (χ3v) is 0.785. The van der Waals surface area contributed by atoms with Crippen LogP contribution >= 0.6 is 0 Å². The smallest absolute Gasteiger partial charge is 0.473 e. The van der Waals surface area contributed by atoms with Crippen molar-refractivity contribution in [3.05, 3.63) is 6.61 Å². The van der Waals surface area contributed by atoms with Gasteiger partial charge in [-0.2, -0.15) is 0 Å². The molecule has 10 heavy (non-hydrogen) atoms. The summed E-state index contributed by atoms with van der Waals surface area (Å²) in [6.45, 7) is 4.87. The van der Waals surface area contributed by atoms with Gasteiger partial charge in [0.25, 0.3) is 0 Å². The standard InChI is InChI=1S/C5H7O3.Re.Rf/c1-5(2)3-7-4(6)8-5;;/h3H,1-2H3;;/q-1;;. The van der Waals surface area contributed by atoms with Crippen LogP contribution in [-0.2, 0) is 29.9 Å². The molecule has 0 atom stereocenters. The third kappa shape index (κ3) is 2.47. The second-order valence-electron chi connectivity index (χ2n) is 2.19. The van der Waals surface area contributed by atoms with Crippen molar-refractivity contribution in [2.75, 3.05) is 0 Å². The van der Waals surface area contributed by atoms with Crippen molar-refractivity contribution in [3.8, 4) is 0 Å². The SMILES string of the molecule is CC1(C)[CH-]OC(=O)O1.[Re].[Rf]. The first-order valence-corrected chi connectivity index (χ1v) is 2.34. The van der Waals surface area contributed by atoms with E-state index in [-0.39, 0.29) is 20.4 Å². The van der Waals surface area contributed by atoms with Gasteiger partial charge in [0.1, 0.15) is 0 Å². The second-order valence-corrected chi connectivity index (χ2v) is 2.19. The van der Waals surface area contributed by atoms with Crippen LogP contribution in [0.25, 0.3) is 0 Å². The molecule has 1 aliphatic rings. The Kier molecular flexibility index (Phi) is 3.73. The Morgan fingerprint density at radius 3 is 2.10 bits per heavy atom. The Bertz CT molecular complexity index is 126. The maximum atomic E-state index is 10.2. The summed E-state index contributed by atoms with van der Waals surface area (Å²) in [6.07, 6.45) is -0.616. The monoisotopic (exact) mass is 569 g/mol. The van der Waals surface area contributed by atoms with E-state index in [0.29, 0.717) is 0 Å². The molecule has 0 amide bonds. The molecule has 1 heterocycles. The summed E-state index contributed by atoms with van der Waals surface area (Å²) in [7, 11) is 0. The Labute approximate surface area is 67.4 Å². The van der Waals surface area contributed by atoms with E-state index in [1.807, 2.05) is 0 Å². The maximum Gasteiger partial charge on any atom is 0.473 e. The van der Waals surface area contributed by atoms with Crippen LogP contribution in [0.3, 0.4) is 0 Å². The molecule has 0 unspecified atom stereocenters. The summed E-state index contributed by atoms with van der Waals surface area (Å²) in [4.78, 5) is 10.2. The number of ether oxygens (including phenoxy) is 2. The van der Waals surface area contributed by atoms with Gasteiger partial charge >= 0.3 is 6.16 Å². The number of cyclic esters (lactones) is 2. The number of carbonyl (C=O) groups excluding carboxylic acids is 1. The van der Waals surface area contributed by atoms with E-state index in [0.717, 1.165) is 0 Å². The van der Waals surface area contributed by atoms with Crippen LogP contribution < -0.4 is 0 Å². The van der Waals surface area contributed by atoms with E-state index in [2.05, 4.69) is 9.47 Å². The van der Waals surface area contributed by atoms with Crippen LogP contribution in [-0.4, -0.2) is 11.8 Å². The van der Waals surface area contributed by atoms with E-state index in [1.54, 1.807) is 13.8 Å². The molecule has 0 N–H and O–H groups in total. The molecule has 0 bridgehead atoms. The molecule has 1 saturated heterocycles. The van der Waals surface area contributed by atoms with Crippen LogP contribution in [0.1, 0.15) is 13.8 Å². The van der Waals surface area contributed by atoms with E-state index < -0.39 is 11.8 Å². The molecular formula is C5H7O3ReRf-. The Morgan fingerprint density at radius 2 is 2.00 bits per heavy atom. The van der Waals surface area contributed by atoms with Crippen LogP contribution in [0.5, 0.6) is 0 Å². The molecule has 0 saturated carbocycles. The Hall–Kier alpha value is -1.07. The van der Waals surface area contributed by atoms with Gasteiger partial charge in [-0.25, -0.2) is 4.79 Å². The number of hydrogen-bond acceptors (Lipinski definition) is 3. The number of carbonyl (C=O) groups is 1. The molecule has 55 valence electrons.